The minimum atomic E-state index is -0.0428. The van der Waals surface area contributed by atoms with Gasteiger partial charge in [0.25, 0.3) is 0 Å². The molecule has 2 N–H and O–H groups in total. The Balaban J connectivity index is 1.89. The van der Waals surface area contributed by atoms with Crippen molar-refractivity contribution < 1.29 is 4.79 Å². The second-order valence-corrected chi connectivity index (χ2v) is 4.63. The molecule has 2 rings (SSSR count). The molecule has 2 aromatic rings. The summed E-state index contributed by atoms with van der Waals surface area (Å²) in [7, 11) is 0. The molecular weight excluding hydrogens is 254 g/mol. The fourth-order valence-electron chi connectivity index (χ4n) is 1.66. The van der Waals surface area contributed by atoms with Gasteiger partial charge in [0.2, 0.25) is 5.91 Å². The maximum atomic E-state index is 11.7. The molecule has 6 nitrogen and oxygen atoms in total. The number of rotatable bonds is 6. The molecule has 0 fully saturated rings. The van der Waals surface area contributed by atoms with Gasteiger partial charge in [-0.05, 0) is 37.6 Å². The van der Waals surface area contributed by atoms with Gasteiger partial charge in [-0.15, -0.1) is 0 Å². The van der Waals surface area contributed by atoms with Crippen LogP contribution in [0.5, 0.6) is 0 Å². The first-order valence-electron chi connectivity index (χ1n) is 6.67. The van der Waals surface area contributed by atoms with E-state index in [2.05, 4.69) is 34.6 Å². The Bertz CT molecular complexity index is 535. The van der Waals surface area contributed by atoms with Crippen molar-refractivity contribution in [3.05, 3.63) is 36.9 Å². The zero-order valence-corrected chi connectivity index (χ0v) is 11.7. The average Bonchev–Trinajstić information content (AvgIpc) is 2.99. The summed E-state index contributed by atoms with van der Waals surface area (Å²) in [6, 6.07) is 7.80. The third kappa shape index (κ3) is 3.89. The lowest BCUT2D eigenvalue weighted by atomic mass is 10.2. The van der Waals surface area contributed by atoms with Gasteiger partial charge in [0.1, 0.15) is 12.7 Å². The molecule has 0 aliphatic carbocycles. The molecule has 1 atom stereocenters. The van der Waals surface area contributed by atoms with Gasteiger partial charge in [0.15, 0.2) is 0 Å². The van der Waals surface area contributed by atoms with Gasteiger partial charge in [-0.2, -0.15) is 5.10 Å². The number of anilines is 1. The number of aromatic nitrogens is 3. The van der Waals surface area contributed by atoms with Gasteiger partial charge in [0, 0.05) is 11.7 Å². The molecule has 1 aromatic heterocycles. The first-order chi connectivity index (χ1) is 9.69. The predicted octanol–water partition coefficient (Wildman–Crippen LogP) is 1.59. The average molecular weight is 273 g/mol. The highest BCUT2D eigenvalue weighted by molar-refractivity contribution is 5.92. The van der Waals surface area contributed by atoms with Crippen LogP contribution in [0.25, 0.3) is 5.69 Å². The summed E-state index contributed by atoms with van der Waals surface area (Å²) in [6.45, 7) is 4.46. The van der Waals surface area contributed by atoms with E-state index >= 15 is 0 Å². The molecule has 0 bridgehead atoms. The standard InChI is InChI=1S/C14H19N5O/c1-3-11(2)16-8-14(20)18-12-4-6-13(7-5-12)19-10-15-9-17-19/h4-7,9-11,16H,3,8H2,1-2H3,(H,18,20). The van der Waals surface area contributed by atoms with E-state index in [1.807, 2.05) is 24.3 Å². The van der Waals surface area contributed by atoms with Crippen molar-refractivity contribution in [2.75, 3.05) is 11.9 Å². The van der Waals surface area contributed by atoms with Crippen LogP contribution in [0.15, 0.2) is 36.9 Å². The number of hydrogen-bond donors (Lipinski definition) is 2. The summed E-state index contributed by atoms with van der Waals surface area (Å²) in [5.74, 6) is -0.0428. The van der Waals surface area contributed by atoms with Crippen LogP contribution in [0.4, 0.5) is 5.69 Å². The van der Waals surface area contributed by atoms with E-state index < -0.39 is 0 Å². The van der Waals surface area contributed by atoms with Crippen LogP contribution in [0.2, 0.25) is 0 Å². The van der Waals surface area contributed by atoms with Crippen molar-refractivity contribution in [3.63, 3.8) is 0 Å². The van der Waals surface area contributed by atoms with E-state index in [1.54, 1.807) is 11.0 Å². The number of carbonyl (C=O) groups excluding carboxylic acids is 1. The summed E-state index contributed by atoms with van der Waals surface area (Å²) in [4.78, 5) is 15.6. The molecule has 0 saturated heterocycles. The molecule has 0 aliphatic heterocycles. The number of amides is 1. The van der Waals surface area contributed by atoms with E-state index in [0.717, 1.165) is 17.8 Å². The minimum Gasteiger partial charge on any atom is -0.325 e. The molecule has 0 spiro atoms. The van der Waals surface area contributed by atoms with Crippen LogP contribution >= 0.6 is 0 Å². The van der Waals surface area contributed by atoms with Crippen molar-refractivity contribution in [1.29, 1.82) is 0 Å². The van der Waals surface area contributed by atoms with E-state index in [0.29, 0.717) is 12.6 Å². The lowest BCUT2D eigenvalue weighted by Crippen LogP contribution is -2.33. The Kier molecular flexibility index (Phi) is 4.84. The normalized spacial score (nSPS) is 12.1. The number of nitrogens with one attached hydrogen (secondary N) is 2. The predicted molar refractivity (Wildman–Crippen MR) is 77.7 cm³/mol. The van der Waals surface area contributed by atoms with Crippen molar-refractivity contribution in [3.8, 4) is 5.69 Å². The highest BCUT2D eigenvalue weighted by Crippen LogP contribution is 2.11. The number of benzene rings is 1. The SMILES string of the molecule is CCC(C)NCC(=O)Nc1ccc(-n2cncn2)cc1. The van der Waals surface area contributed by atoms with Crippen molar-refractivity contribution in [2.45, 2.75) is 26.3 Å². The molecule has 1 aromatic carbocycles. The zero-order chi connectivity index (χ0) is 14.4. The second-order valence-electron chi connectivity index (χ2n) is 4.63. The number of nitrogens with zero attached hydrogens (tertiary/aromatic N) is 3. The van der Waals surface area contributed by atoms with Gasteiger partial charge in [-0.3, -0.25) is 4.79 Å². The van der Waals surface area contributed by atoms with Crippen LogP contribution in [-0.4, -0.2) is 33.3 Å². The fourth-order valence-corrected chi connectivity index (χ4v) is 1.66. The molecule has 0 radical (unpaired) electrons. The van der Waals surface area contributed by atoms with E-state index in [4.69, 9.17) is 0 Å². The van der Waals surface area contributed by atoms with Crippen molar-refractivity contribution in [2.24, 2.45) is 0 Å². The summed E-state index contributed by atoms with van der Waals surface area (Å²) >= 11 is 0. The summed E-state index contributed by atoms with van der Waals surface area (Å²) < 4.78 is 1.66. The molecule has 6 heteroatoms. The Morgan fingerprint density at radius 3 is 2.70 bits per heavy atom. The Labute approximate surface area is 118 Å². The third-order valence-electron chi connectivity index (χ3n) is 3.06. The largest absolute Gasteiger partial charge is 0.325 e. The van der Waals surface area contributed by atoms with Crippen molar-refractivity contribution in [1.82, 2.24) is 20.1 Å². The van der Waals surface area contributed by atoms with Gasteiger partial charge >= 0.3 is 0 Å². The van der Waals surface area contributed by atoms with Crippen LogP contribution in [-0.2, 0) is 4.79 Å². The Morgan fingerprint density at radius 1 is 1.35 bits per heavy atom. The summed E-state index contributed by atoms with van der Waals surface area (Å²) in [5.41, 5.74) is 1.67. The molecule has 0 saturated carbocycles. The van der Waals surface area contributed by atoms with E-state index in [1.165, 1.54) is 6.33 Å². The van der Waals surface area contributed by atoms with Crippen LogP contribution in [0.1, 0.15) is 20.3 Å². The topological polar surface area (TPSA) is 71.8 Å². The first kappa shape index (κ1) is 14.2. The number of hydrogen-bond acceptors (Lipinski definition) is 4. The lowest BCUT2D eigenvalue weighted by Gasteiger charge is -2.11. The van der Waals surface area contributed by atoms with Crippen LogP contribution in [0, 0.1) is 0 Å². The molecule has 20 heavy (non-hydrogen) atoms. The minimum absolute atomic E-state index is 0.0428. The third-order valence-corrected chi connectivity index (χ3v) is 3.06. The molecule has 1 amide bonds. The van der Waals surface area contributed by atoms with Gasteiger partial charge in [-0.25, -0.2) is 9.67 Å². The highest BCUT2D eigenvalue weighted by atomic mass is 16.1. The highest BCUT2D eigenvalue weighted by Gasteiger charge is 2.05. The zero-order valence-electron chi connectivity index (χ0n) is 11.7. The fraction of sp³-hybridized carbons (Fsp3) is 0.357. The van der Waals surface area contributed by atoms with Gasteiger partial charge in [-0.1, -0.05) is 6.92 Å². The first-order valence-corrected chi connectivity index (χ1v) is 6.67. The maximum absolute atomic E-state index is 11.7. The smallest absolute Gasteiger partial charge is 0.238 e. The number of carbonyl (C=O) groups is 1. The van der Waals surface area contributed by atoms with Gasteiger partial charge in [0.05, 0.1) is 12.2 Å². The Morgan fingerprint density at radius 2 is 2.10 bits per heavy atom. The molecule has 1 unspecified atom stereocenters. The molecule has 0 aliphatic rings. The van der Waals surface area contributed by atoms with Crippen LogP contribution in [0.3, 0.4) is 0 Å². The van der Waals surface area contributed by atoms with Crippen LogP contribution < -0.4 is 10.6 Å². The second kappa shape index (κ2) is 6.81. The van der Waals surface area contributed by atoms with Crippen molar-refractivity contribution >= 4 is 11.6 Å². The quantitative estimate of drug-likeness (QED) is 0.838. The summed E-state index contributed by atoms with van der Waals surface area (Å²) in [5, 5.41) is 10.0. The lowest BCUT2D eigenvalue weighted by molar-refractivity contribution is -0.115. The van der Waals surface area contributed by atoms with Gasteiger partial charge < -0.3 is 10.6 Å². The molecule has 1 heterocycles. The molecule has 106 valence electrons. The summed E-state index contributed by atoms with van der Waals surface area (Å²) in [6.07, 6.45) is 4.11. The van der Waals surface area contributed by atoms with E-state index in [9.17, 15) is 4.79 Å². The monoisotopic (exact) mass is 273 g/mol. The maximum Gasteiger partial charge on any atom is 0.238 e. The molecular formula is C14H19N5O. The van der Waals surface area contributed by atoms with E-state index in [-0.39, 0.29) is 5.91 Å². The Hall–Kier alpha value is -2.21.